The molecular weight excluding hydrogens is 232 g/mol. The van der Waals surface area contributed by atoms with Crippen LogP contribution in [0.2, 0.25) is 0 Å². The third-order valence-corrected chi connectivity index (χ3v) is 4.90. The lowest BCUT2D eigenvalue weighted by molar-refractivity contribution is 0.461. The van der Waals surface area contributed by atoms with Crippen molar-refractivity contribution >= 4 is 10.9 Å². The summed E-state index contributed by atoms with van der Waals surface area (Å²) in [4.78, 5) is 0. The molecule has 1 atom stereocenters. The molecule has 1 aromatic heterocycles. The molecule has 2 aliphatic rings. The number of nitrogens with one attached hydrogen (secondary N) is 1. The standard InChI is InChI=1S/C17H22N2/c1-12-8-16-10-15(14-4-2-6-18-11-14)9-13-5-3-7-19(12)17(13)16/h8-10,14,18H,2-7,11H2,1H3. The van der Waals surface area contributed by atoms with Crippen LogP contribution in [-0.4, -0.2) is 17.7 Å². The molecule has 2 aliphatic heterocycles. The number of hydrogen-bond acceptors (Lipinski definition) is 1. The van der Waals surface area contributed by atoms with Crippen LogP contribution in [0.25, 0.3) is 10.9 Å². The lowest BCUT2D eigenvalue weighted by atomic mass is 9.88. The van der Waals surface area contributed by atoms with Gasteiger partial charge in [0.2, 0.25) is 0 Å². The average Bonchev–Trinajstić information content (AvgIpc) is 2.78. The minimum atomic E-state index is 0.722. The first-order chi connectivity index (χ1) is 9.33. The quantitative estimate of drug-likeness (QED) is 0.825. The largest absolute Gasteiger partial charge is 0.345 e. The van der Waals surface area contributed by atoms with Crippen LogP contribution in [0.4, 0.5) is 0 Å². The van der Waals surface area contributed by atoms with E-state index in [1.807, 2.05) is 0 Å². The highest BCUT2D eigenvalue weighted by molar-refractivity contribution is 5.86. The first kappa shape index (κ1) is 11.5. The van der Waals surface area contributed by atoms with Crippen LogP contribution in [0, 0.1) is 6.92 Å². The summed E-state index contributed by atoms with van der Waals surface area (Å²) in [7, 11) is 0. The third kappa shape index (κ3) is 1.81. The molecule has 0 spiro atoms. The number of aryl methyl sites for hydroxylation is 3. The summed E-state index contributed by atoms with van der Waals surface area (Å²) in [6, 6.07) is 7.32. The maximum Gasteiger partial charge on any atom is 0.0515 e. The molecule has 1 N–H and O–H groups in total. The Hall–Kier alpha value is -1.28. The van der Waals surface area contributed by atoms with Gasteiger partial charge in [-0.1, -0.05) is 6.07 Å². The molecule has 19 heavy (non-hydrogen) atoms. The summed E-state index contributed by atoms with van der Waals surface area (Å²) in [6.45, 7) is 5.80. The summed E-state index contributed by atoms with van der Waals surface area (Å²) in [5.41, 5.74) is 6.08. The average molecular weight is 254 g/mol. The van der Waals surface area contributed by atoms with E-state index in [-0.39, 0.29) is 0 Å². The van der Waals surface area contributed by atoms with Crippen molar-refractivity contribution in [2.45, 2.75) is 45.1 Å². The van der Waals surface area contributed by atoms with Gasteiger partial charge >= 0.3 is 0 Å². The van der Waals surface area contributed by atoms with E-state index in [9.17, 15) is 0 Å². The zero-order valence-corrected chi connectivity index (χ0v) is 11.7. The minimum absolute atomic E-state index is 0.722. The Labute approximate surface area is 114 Å². The Bertz CT molecular complexity index is 618. The lowest BCUT2D eigenvalue weighted by Gasteiger charge is -2.25. The van der Waals surface area contributed by atoms with Crippen molar-refractivity contribution in [2.24, 2.45) is 0 Å². The number of hydrogen-bond donors (Lipinski definition) is 1. The van der Waals surface area contributed by atoms with Gasteiger partial charge in [0.15, 0.2) is 0 Å². The molecule has 1 saturated heterocycles. The molecule has 2 aromatic rings. The summed E-state index contributed by atoms with van der Waals surface area (Å²) >= 11 is 0. The predicted molar refractivity (Wildman–Crippen MR) is 79.8 cm³/mol. The molecule has 0 amide bonds. The molecule has 0 saturated carbocycles. The summed E-state index contributed by atoms with van der Waals surface area (Å²) in [6.07, 6.45) is 5.22. The van der Waals surface area contributed by atoms with Gasteiger partial charge in [0, 0.05) is 24.2 Å². The van der Waals surface area contributed by atoms with Crippen LogP contribution in [0.3, 0.4) is 0 Å². The number of benzene rings is 1. The second-order valence-electron chi connectivity index (χ2n) is 6.20. The first-order valence-electron chi connectivity index (χ1n) is 7.66. The Morgan fingerprint density at radius 1 is 1.21 bits per heavy atom. The fraction of sp³-hybridized carbons (Fsp3) is 0.529. The zero-order chi connectivity index (χ0) is 12.8. The molecule has 1 aromatic carbocycles. The Morgan fingerprint density at radius 2 is 2.16 bits per heavy atom. The van der Waals surface area contributed by atoms with Crippen molar-refractivity contribution in [3.05, 3.63) is 35.0 Å². The van der Waals surface area contributed by atoms with E-state index in [1.165, 1.54) is 55.4 Å². The van der Waals surface area contributed by atoms with Crippen LogP contribution in [0.5, 0.6) is 0 Å². The summed E-state index contributed by atoms with van der Waals surface area (Å²) < 4.78 is 2.51. The highest BCUT2D eigenvalue weighted by Crippen LogP contribution is 2.33. The van der Waals surface area contributed by atoms with Crippen molar-refractivity contribution < 1.29 is 0 Å². The molecule has 4 rings (SSSR count). The van der Waals surface area contributed by atoms with Gasteiger partial charge in [-0.2, -0.15) is 0 Å². The number of rotatable bonds is 1. The van der Waals surface area contributed by atoms with Crippen molar-refractivity contribution in [2.75, 3.05) is 13.1 Å². The Morgan fingerprint density at radius 3 is 3.00 bits per heavy atom. The highest BCUT2D eigenvalue weighted by atomic mass is 15.0. The van der Waals surface area contributed by atoms with E-state index in [1.54, 1.807) is 11.1 Å². The fourth-order valence-electron chi connectivity index (χ4n) is 3.94. The Balaban J connectivity index is 1.85. The minimum Gasteiger partial charge on any atom is -0.345 e. The van der Waals surface area contributed by atoms with Gasteiger partial charge in [-0.25, -0.2) is 0 Å². The van der Waals surface area contributed by atoms with Crippen molar-refractivity contribution in [1.82, 2.24) is 9.88 Å². The van der Waals surface area contributed by atoms with Crippen molar-refractivity contribution in [3.8, 4) is 0 Å². The third-order valence-electron chi connectivity index (χ3n) is 4.90. The predicted octanol–water partition coefficient (Wildman–Crippen LogP) is 3.36. The van der Waals surface area contributed by atoms with E-state index in [2.05, 4.69) is 35.0 Å². The van der Waals surface area contributed by atoms with Gasteiger partial charge in [-0.05, 0) is 68.3 Å². The molecule has 0 aliphatic carbocycles. The monoisotopic (exact) mass is 254 g/mol. The maximum atomic E-state index is 3.54. The van der Waals surface area contributed by atoms with E-state index < -0.39 is 0 Å². The van der Waals surface area contributed by atoms with Crippen LogP contribution in [0.1, 0.15) is 42.0 Å². The second-order valence-corrected chi connectivity index (χ2v) is 6.20. The molecule has 1 unspecified atom stereocenters. The van der Waals surface area contributed by atoms with E-state index in [0.29, 0.717) is 0 Å². The van der Waals surface area contributed by atoms with Crippen LogP contribution in [-0.2, 0) is 13.0 Å². The number of piperidine rings is 1. The zero-order valence-electron chi connectivity index (χ0n) is 11.7. The van der Waals surface area contributed by atoms with E-state index in [4.69, 9.17) is 0 Å². The van der Waals surface area contributed by atoms with Gasteiger partial charge < -0.3 is 9.88 Å². The van der Waals surface area contributed by atoms with Crippen molar-refractivity contribution in [3.63, 3.8) is 0 Å². The SMILES string of the molecule is Cc1cc2cc(C3CCCNC3)cc3c2n1CCC3. The fourth-order valence-corrected chi connectivity index (χ4v) is 3.94. The van der Waals surface area contributed by atoms with E-state index in [0.717, 1.165) is 12.5 Å². The molecule has 2 heteroatoms. The lowest BCUT2D eigenvalue weighted by Crippen LogP contribution is -2.28. The van der Waals surface area contributed by atoms with Crippen LogP contribution in [0.15, 0.2) is 18.2 Å². The molecule has 2 nitrogen and oxygen atoms in total. The normalized spacial score (nSPS) is 22.9. The van der Waals surface area contributed by atoms with Crippen molar-refractivity contribution in [1.29, 1.82) is 0 Å². The molecule has 0 radical (unpaired) electrons. The molecule has 3 heterocycles. The van der Waals surface area contributed by atoms with E-state index >= 15 is 0 Å². The van der Waals surface area contributed by atoms with Gasteiger partial charge in [-0.3, -0.25) is 0 Å². The molecular formula is C17H22N2. The van der Waals surface area contributed by atoms with Gasteiger partial charge in [0.25, 0.3) is 0 Å². The topological polar surface area (TPSA) is 17.0 Å². The number of aromatic nitrogens is 1. The van der Waals surface area contributed by atoms with Gasteiger partial charge in [0.1, 0.15) is 0 Å². The summed E-state index contributed by atoms with van der Waals surface area (Å²) in [5.74, 6) is 0.722. The maximum absolute atomic E-state index is 3.54. The van der Waals surface area contributed by atoms with Crippen LogP contribution >= 0.6 is 0 Å². The summed E-state index contributed by atoms with van der Waals surface area (Å²) in [5, 5.41) is 5.01. The Kier molecular flexibility index (Phi) is 2.66. The molecule has 0 bridgehead atoms. The smallest absolute Gasteiger partial charge is 0.0515 e. The van der Waals surface area contributed by atoms with Crippen LogP contribution < -0.4 is 5.32 Å². The highest BCUT2D eigenvalue weighted by Gasteiger charge is 2.20. The second kappa shape index (κ2) is 4.38. The number of nitrogens with zero attached hydrogens (tertiary/aromatic N) is 1. The molecule has 1 fully saturated rings. The van der Waals surface area contributed by atoms with Gasteiger partial charge in [-0.15, -0.1) is 0 Å². The molecule has 100 valence electrons. The first-order valence-corrected chi connectivity index (χ1v) is 7.66. The van der Waals surface area contributed by atoms with Gasteiger partial charge in [0.05, 0.1) is 5.52 Å².